The second-order valence-electron chi connectivity index (χ2n) is 8.43. The minimum Gasteiger partial charge on any atom is -0.478 e. The van der Waals surface area contributed by atoms with E-state index in [1.165, 1.54) is 5.56 Å². The Morgan fingerprint density at radius 3 is 2.45 bits per heavy atom. The first-order chi connectivity index (χ1) is 15.9. The minimum atomic E-state index is -0.878. The van der Waals surface area contributed by atoms with E-state index in [-0.39, 0.29) is 0 Å². The molecule has 0 bridgehead atoms. The Morgan fingerprint density at radius 2 is 1.79 bits per heavy atom. The smallest absolute Gasteiger partial charge is 0.337 e. The first-order valence-corrected chi connectivity index (χ1v) is 11.9. The number of aromatic carboxylic acids is 1. The number of rotatable bonds is 12. The number of carboxylic acid groups (broad SMARTS) is 1. The number of halogens is 1. The van der Waals surface area contributed by atoms with Gasteiger partial charge in [0.2, 0.25) is 0 Å². The van der Waals surface area contributed by atoms with Crippen molar-refractivity contribution in [2.45, 2.75) is 46.8 Å². The van der Waals surface area contributed by atoms with Crippen LogP contribution in [-0.4, -0.2) is 40.2 Å². The molecule has 3 aromatic rings. The van der Waals surface area contributed by atoms with Crippen LogP contribution < -0.4 is 5.32 Å². The van der Waals surface area contributed by atoms with Gasteiger partial charge in [-0.05, 0) is 63.2 Å². The highest BCUT2D eigenvalue weighted by atomic mass is 35.5. The Morgan fingerprint density at radius 1 is 1.06 bits per heavy atom. The highest BCUT2D eigenvalue weighted by Crippen LogP contribution is 2.24. The Hall–Kier alpha value is -2.60. The van der Waals surface area contributed by atoms with Gasteiger partial charge in [-0.1, -0.05) is 61.0 Å². The number of nitrogens with zero attached hydrogens (tertiary/aromatic N) is 2. The number of nitrogens with one attached hydrogen (secondary N) is 1. The zero-order valence-electron chi connectivity index (χ0n) is 19.8. The van der Waals surface area contributed by atoms with Crippen LogP contribution in [0.5, 0.6) is 0 Å². The van der Waals surface area contributed by atoms with E-state index in [2.05, 4.69) is 46.0 Å². The van der Waals surface area contributed by atoms with Crippen molar-refractivity contribution in [3.63, 3.8) is 0 Å². The molecule has 5 nitrogen and oxygen atoms in total. The van der Waals surface area contributed by atoms with Crippen molar-refractivity contribution in [3.05, 3.63) is 93.3 Å². The molecule has 3 rings (SSSR count). The highest BCUT2D eigenvalue weighted by Gasteiger charge is 2.22. The van der Waals surface area contributed by atoms with E-state index in [4.69, 9.17) is 11.6 Å². The maximum absolute atomic E-state index is 12.0. The predicted molar refractivity (Wildman–Crippen MR) is 135 cm³/mol. The van der Waals surface area contributed by atoms with Crippen LogP contribution in [0.25, 0.3) is 0 Å². The number of hydrogen-bond acceptors (Lipinski definition) is 3. The number of carbonyl (C=O) groups is 1. The van der Waals surface area contributed by atoms with Crippen molar-refractivity contribution in [1.82, 2.24) is 14.8 Å². The number of benzene rings is 2. The van der Waals surface area contributed by atoms with Crippen molar-refractivity contribution >= 4 is 17.6 Å². The molecule has 0 aliphatic rings. The van der Waals surface area contributed by atoms with E-state index in [9.17, 15) is 9.90 Å². The van der Waals surface area contributed by atoms with Crippen molar-refractivity contribution in [2.24, 2.45) is 0 Å². The van der Waals surface area contributed by atoms with E-state index in [1.54, 1.807) is 0 Å². The number of hydrogen-bond donors (Lipinski definition) is 2. The first kappa shape index (κ1) is 25.0. The summed E-state index contributed by atoms with van der Waals surface area (Å²) in [6, 6.07) is 18.2. The third-order valence-electron chi connectivity index (χ3n) is 6.18. The molecule has 0 aliphatic heterocycles. The summed E-state index contributed by atoms with van der Waals surface area (Å²) >= 11 is 6.14. The van der Waals surface area contributed by atoms with Gasteiger partial charge in [-0.25, -0.2) is 4.79 Å². The maximum Gasteiger partial charge on any atom is 0.337 e. The molecule has 2 aromatic carbocycles. The minimum absolute atomic E-state index is 0.404. The van der Waals surface area contributed by atoms with Crippen LogP contribution in [0, 0.1) is 13.8 Å². The van der Waals surface area contributed by atoms with Crippen LogP contribution in [0.2, 0.25) is 5.02 Å². The largest absolute Gasteiger partial charge is 0.478 e. The second-order valence-corrected chi connectivity index (χ2v) is 8.87. The molecule has 6 heteroatoms. The Balaban J connectivity index is 1.60. The molecule has 0 atom stereocenters. The Bertz CT molecular complexity index is 1060. The fourth-order valence-corrected chi connectivity index (χ4v) is 4.55. The van der Waals surface area contributed by atoms with Crippen LogP contribution in [-0.2, 0) is 19.6 Å². The van der Waals surface area contributed by atoms with Crippen LogP contribution in [0.3, 0.4) is 0 Å². The molecule has 0 amide bonds. The third-order valence-corrected chi connectivity index (χ3v) is 6.41. The Kier molecular flexibility index (Phi) is 9.12. The average Bonchev–Trinajstić information content (AvgIpc) is 3.03. The van der Waals surface area contributed by atoms with Crippen molar-refractivity contribution in [2.75, 3.05) is 19.6 Å². The fourth-order valence-electron chi connectivity index (χ4n) is 4.34. The average molecular weight is 468 g/mol. The van der Waals surface area contributed by atoms with Crippen LogP contribution >= 0.6 is 11.6 Å². The van der Waals surface area contributed by atoms with E-state index in [0.29, 0.717) is 23.7 Å². The van der Waals surface area contributed by atoms with Crippen molar-refractivity contribution in [3.8, 4) is 0 Å². The number of carboxylic acids is 1. The van der Waals surface area contributed by atoms with Gasteiger partial charge in [-0.2, -0.15) is 0 Å². The molecule has 0 radical (unpaired) electrons. The summed E-state index contributed by atoms with van der Waals surface area (Å²) in [5.41, 5.74) is 5.40. The lowest BCUT2D eigenvalue weighted by Gasteiger charge is -2.20. The molecule has 0 saturated carbocycles. The van der Waals surface area contributed by atoms with Gasteiger partial charge in [-0.15, -0.1) is 0 Å². The highest BCUT2D eigenvalue weighted by molar-refractivity contribution is 6.30. The molecule has 33 heavy (non-hydrogen) atoms. The van der Waals surface area contributed by atoms with Gasteiger partial charge in [0.1, 0.15) is 0 Å². The second kappa shape index (κ2) is 12.0. The summed E-state index contributed by atoms with van der Waals surface area (Å²) in [6.45, 7) is 11.0. The summed E-state index contributed by atoms with van der Waals surface area (Å²) in [7, 11) is 0. The van der Waals surface area contributed by atoms with Crippen LogP contribution in [0.15, 0.2) is 54.6 Å². The molecular weight excluding hydrogens is 434 g/mol. The lowest BCUT2D eigenvalue weighted by atomic mass is 10.1. The maximum atomic E-state index is 12.0. The summed E-state index contributed by atoms with van der Waals surface area (Å²) in [6.07, 6.45) is 1.00. The summed E-state index contributed by atoms with van der Waals surface area (Å²) in [5.74, 6) is -0.878. The quantitative estimate of drug-likeness (QED) is 0.345. The van der Waals surface area contributed by atoms with Gasteiger partial charge in [-0.3, -0.25) is 4.90 Å². The van der Waals surface area contributed by atoms with Gasteiger partial charge >= 0.3 is 5.97 Å². The Labute approximate surface area is 202 Å². The van der Waals surface area contributed by atoms with Gasteiger partial charge in [0.25, 0.3) is 0 Å². The summed E-state index contributed by atoms with van der Waals surface area (Å²) in [5, 5.41) is 14.0. The van der Waals surface area contributed by atoms with Crippen molar-refractivity contribution in [1.29, 1.82) is 0 Å². The van der Waals surface area contributed by atoms with Gasteiger partial charge in [0.05, 0.1) is 5.56 Å². The standard InChI is InChI=1S/C27H34ClN3O2/c1-4-30(18-22-10-6-5-7-11-22)15-9-14-29-17-25-20(2)31(21(3)26(25)27(32)33)19-23-12-8-13-24(28)16-23/h5-8,10-13,16,29H,4,9,14-15,17-19H2,1-3H3,(H,32,33). The molecule has 0 spiro atoms. The van der Waals surface area contributed by atoms with E-state index >= 15 is 0 Å². The molecule has 0 fully saturated rings. The first-order valence-electron chi connectivity index (χ1n) is 11.5. The topological polar surface area (TPSA) is 57.5 Å². The van der Waals surface area contributed by atoms with Gasteiger partial charge < -0.3 is 15.0 Å². The SMILES string of the molecule is CCN(CCCNCc1c(C(=O)O)c(C)n(Cc2cccc(Cl)c2)c1C)Cc1ccccc1. The molecule has 0 saturated heterocycles. The third kappa shape index (κ3) is 6.70. The normalized spacial score (nSPS) is 11.3. The van der Waals surface area contributed by atoms with Crippen LogP contribution in [0.4, 0.5) is 0 Å². The molecular formula is C27H34ClN3O2. The zero-order valence-corrected chi connectivity index (χ0v) is 20.5. The van der Waals surface area contributed by atoms with Gasteiger partial charge in [0, 0.05) is 41.6 Å². The molecule has 176 valence electrons. The summed E-state index contributed by atoms with van der Waals surface area (Å²) in [4.78, 5) is 14.5. The predicted octanol–water partition coefficient (Wildman–Crippen LogP) is 5.51. The fraction of sp³-hybridized carbons (Fsp3) is 0.370. The van der Waals surface area contributed by atoms with E-state index in [0.717, 1.165) is 55.1 Å². The molecule has 2 N–H and O–H groups in total. The monoisotopic (exact) mass is 467 g/mol. The van der Waals surface area contributed by atoms with Gasteiger partial charge in [0.15, 0.2) is 0 Å². The zero-order chi connectivity index (χ0) is 23.8. The van der Waals surface area contributed by atoms with Crippen molar-refractivity contribution < 1.29 is 9.90 Å². The summed E-state index contributed by atoms with van der Waals surface area (Å²) < 4.78 is 2.07. The van der Waals surface area contributed by atoms with E-state index < -0.39 is 5.97 Å². The van der Waals surface area contributed by atoms with E-state index in [1.807, 2.05) is 44.2 Å². The molecule has 1 heterocycles. The number of aromatic nitrogens is 1. The molecule has 0 aliphatic carbocycles. The van der Waals surface area contributed by atoms with Crippen LogP contribution in [0.1, 0.15) is 51.8 Å². The lowest BCUT2D eigenvalue weighted by molar-refractivity contribution is 0.0694. The lowest BCUT2D eigenvalue weighted by Crippen LogP contribution is -2.27. The molecule has 0 unspecified atom stereocenters. The molecule has 1 aromatic heterocycles.